The molecule has 0 aromatic heterocycles. The second-order valence-corrected chi connectivity index (χ2v) is 6.03. The molecular formula is C17H28N2O2. The lowest BCUT2D eigenvalue weighted by Crippen LogP contribution is -2.41. The molecule has 4 nitrogen and oxygen atoms in total. The van der Waals surface area contributed by atoms with Gasteiger partial charge in [0.25, 0.3) is 0 Å². The summed E-state index contributed by atoms with van der Waals surface area (Å²) in [6.07, 6.45) is 4.38. The summed E-state index contributed by atoms with van der Waals surface area (Å²) in [5.74, 6) is 0.795. The summed E-state index contributed by atoms with van der Waals surface area (Å²) in [5.41, 5.74) is 0.921. The van der Waals surface area contributed by atoms with Gasteiger partial charge >= 0.3 is 0 Å². The van der Waals surface area contributed by atoms with Crippen LogP contribution in [0, 0.1) is 0 Å². The summed E-state index contributed by atoms with van der Waals surface area (Å²) >= 11 is 0. The van der Waals surface area contributed by atoms with Crippen LogP contribution in [0.4, 0.5) is 0 Å². The van der Waals surface area contributed by atoms with Crippen LogP contribution < -0.4 is 10.1 Å². The Balaban J connectivity index is 1.88. The first-order chi connectivity index (χ1) is 10.1. The number of rotatable bonds is 6. The molecule has 1 aliphatic rings. The van der Waals surface area contributed by atoms with E-state index in [9.17, 15) is 5.11 Å². The summed E-state index contributed by atoms with van der Waals surface area (Å²) < 4.78 is 5.22. The highest BCUT2D eigenvalue weighted by Crippen LogP contribution is 2.25. The summed E-state index contributed by atoms with van der Waals surface area (Å²) in [6, 6.07) is 8.94. The second kappa shape index (κ2) is 7.78. The molecule has 4 heteroatoms. The van der Waals surface area contributed by atoms with Crippen LogP contribution in [0.1, 0.15) is 37.4 Å². The normalized spacial score (nSPS) is 24.0. The Kier molecular flexibility index (Phi) is 6.03. The van der Waals surface area contributed by atoms with Gasteiger partial charge in [0.1, 0.15) is 5.75 Å². The van der Waals surface area contributed by atoms with E-state index >= 15 is 0 Å². The monoisotopic (exact) mass is 292 g/mol. The summed E-state index contributed by atoms with van der Waals surface area (Å²) in [7, 11) is 5.81. The molecular weight excluding hydrogens is 264 g/mol. The standard InChI is InChI=1S/C17H28N2O2/c1-18-14-7-9-15(10-8-14)19(2)12-17(20)13-5-4-6-16(11-13)21-3/h4-6,11,14-15,17-18,20H,7-10,12H2,1-3H3. The maximum atomic E-state index is 10.4. The predicted octanol–water partition coefficient (Wildman–Crippen LogP) is 2.19. The van der Waals surface area contributed by atoms with Gasteiger partial charge in [-0.3, -0.25) is 0 Å². The van der Waals surface area contributed by atoms with Gasteiger partial charge in [0.2, 0.25) is 0 Å². The van der Waals surface area contributed by atoms with Crippen molar-refractivity contribution in [1.29, 1.82) is 0 Å². The molecule has 2 rings (SSSR count). The van der Waals surface area contributed by atoms with Gasteiger partial charge < -0.3 is 20.1 Å². The number of methoxy groups -OCH3 is 1. The van der Waals surface area contributed by atoms with E-state index in [2.05, 4.69) is 17.3 Å². The average Bonchev–Trinajstić information content (AvgIpc) is 2.54. The Labute approximate surface area is 128 Å². The predicted molar refractivity (Wildman–Crippen MR) is 85.7 cm³/mol. The van der Waals surface area contributed by atoms with E-state index in [1.165, 1.54) is 25.7 Å². The number of hydrogen-bond donors (Lipinski definition) is 2. The van der Waals surface area contributed by atoms with Crippen LogP contribution in [-0.4, -0.2) is 49.8 Å². The molecule has 0 radical (unpaired) electrons. The van der Waals surface area contributed by atoms with Crippen molar-refractivity contribution in [2.24, 2.45) is 0 Å². The van der Waals surface area contributed by atoms with Gasteiger partial charge in [0.05, 0.1) is 13.2 Å². The summed E-state index contributed by atoms with van der Waals surface area (Å²) in [4.78, 5) is 2.30. The number of nitrogens with zero attached hydrogens (tertiary/aromatic N) is 1. The van der Waals surface area contributed by atoms with E-state index in [-0.39, 0.29) is 0 Å². The second-order valence-electron chi connectivity index (χ2n) is 6.03. The molecule has 0 bridgehead atoms. The third kappa shape index (κ3) is 4.43. The van der Waals surface area contributed by atoms with Crippen LogP contribution in [0.15, 0.2) is 24.3 Å². The zero-order chi connectivity index (χ0) is 15.2. The van der Waals surface area contributed by atoms with Gasteiger partial charge in [-0.15, -0.1) is 0 Å². The number of ether oxygens (including phenoxy) is 1. The Bertz CT molecular complexity index is 431. The molecule has 0 spiro atoms. The van der Waals surface area contributed by atoms with Gasteiger partial charge in [-0.05, 0) is 57.5 Å². The fraction of sp³-hybridized carbons (Fsp3) is 0.647. The first-order valence-corrected chi connectivity index (χ1v) is 7.83. The molecule has 0 amide bonds. The largest absolute Gasteiger partial charge is 0.497 e. The maximum absolute atomic E-state index is 10.4. The van der Waals surface area contributed by atoms with Gasteiger partial charge in [-0.25, -0.2) is 0 Å². The quantitative estimate of drug-likeness (QED) is 0.843. The van der Waals surface area contributed by atoms with Crippen molar-refractivity contribution in [1.82, 2.24) is 10.2 Å². The molecule has 1 unspecified atom stereocenters. The Morgan fingerprint density at radius 1 is 1.33 bits per heavy atom. The molecule has 1 aromatic rings. The summed E-state index contributed by atoms with van der Waals surface area (Å²) in [6.45, 7) is 0.669. The summed E-state index contributed by atoms with van der Waals surface area (Å²) in [5, 5.41) is 13.8. The van der Waals surface area contributed by atoms with E-state index in [0.717, 1.165) is 11.3 Å². The molecule has 118 valence electrons. The minimum atomic E-state index is -0.466. The van der Waals surface area contributed by atoms with E-state index in [1.807, 2.05) is 31.3 Å². The van der Waals surface area contributed by atoms with E-state index < -0.39 is 6.10 Å². The van der Waals surface area contributed by atoms with Gasteiger partial charge in [-0.2, -0.15) is 0 Å². The fourth-order valence-electron chi connectivity index (χ4n) is 3.18. The molecule has 1 fully saturated rings. The third-order valence-corrected chi connectivity index (χ3v) is 4.67. The highest BCUT2D eigenvalue weighted by atomic mass is 16.5. The molecule has 21 heavy (non-hydrogen) atoms. The molecule has 2 N–H and O–H groups in total. The zero-order valence-electron chi connectivity index (χ0n) is 13.4. The van der Waals surface area contributed by atoms with E-state index in [1.54, 1.807) is 7.11 Å². The lowest BCUT2D eigenvalue weighted by Gasteiger charge is -2.35. The molecule has 0 saturated heterocycles. The van der Waals surface area contributed by atoms with Crippen molar-refractivity contribution in [2.45, 2.75) is 43.9 Å². The first-order valence-electron chi connectivity index (χ1n) is 7.83. The fourth-order valence-corrected chi connectivity index (χ4v) is 3.18. The maximum Gasteiger partial charge on any atom is 0.119 e. The molecule has 1 aliphatic carbocycles. The van der Waals surface area contributed by atoms with E-state index in [4.69, 9.17) is 4.74 Å². The topological polar surface area (TPSA) is 44.7 Å². The minimum Gasteiger partial charge on any atom is -0.497 e. The van der Waals surface area contributed by atoms with Crippen molar-refractivity contribution in [3.63, 3.8) is 0 Å². The number of aliphatic hydroxyl groups excluding tert-OH is 1. The lowest BCUT2D eigenvalue weighted by atomic mass is 9.90. The van der Waals surface area contributed by atoms with E-state index in [0.29, 0.717) is 18.6 Å². The van der Waals surface area contributed by atoms with Crippen LogP contribution in [-0.2, 0) is 0 Å². The van der Waals surface area contributed by atoms with Gasteiger partial charge in [0.15, 0.2) is 0 Å². The Hall–Kier alpha value is -1.10. The smallest absolute Gasteiger partial charge is 0.119 e. The lowest BCUT2D eigenvalue weighted by molar-refractivity contribution is 0.0876. The molecule has 1 aromatic carbocycles. The number of nitrogens with one attached hydrogen (secondary N) is 1. The van der Waals surface area contributed by atoms with Crippen LogP contribution in [0.3, 0.4) is 0 Å². The molecule has 0 aliphatic heterocycles. The van der Waals surface area contributed by atoms with Crippen LogP contribution in [0.5, 0.6) is 5.75 Å². The molecule has 1 saturated carbocycles. The highest BCUT2D eigenvalue weighted by molar-refractivity contribution is 5.29. The van der Waals surface area contributed by atoms with Crippen LogP contribution in [0.25, 0.3) is 0 Å². The highest BCUT2D eigenvalue weighted by Gasteiger charge is 2.24. The van der Waals surface area contributed by atoms with Crippen molar-refractivity contribution >= 4 is 0 Å². The van der Waals surface area contributed by atoms with Crippen molar-refractivity contribution in [3.8, 4) is 5.75 Å². The van der Waals surface area contributed by atoms with Crippen LogP contribution in [0.2, 0.25) is 0 Å². The van der Waals surface area contributed by atoms with Crippen LogP contribution >= 0.6 is 0 Å². The number of benzene rings is 1. The van der Waals surface area contributed by atoms with Crippen molar-refractivity contribution in [3.05, 3.63) is 29.8 Å². The minimum absolute atomic E-state index is 0.466. The third-order valence-electron chi connectivity index (χ3n) is 4.67. The first kappa shape index (κ1) is 16.3. The number of likely N-dealkylation sites (N-methyl/N-ethyl adjacent to an activating group) is 1. The Morgan fingerprint density at radius 2 is 2.05 bits per heavy atom. The van der Waals surface area contributed by atoms with Gasteiger partial charge in [0, 0.05) is 18.6 Å². The van der Waals surface area contributed by atoms with Crippen molar-refractivity contribution < 1.29 is 9.84 Å². The van der Waals surface area contributed by atoms with Gasteiger partial charge in [-0.1, -0.05) is 12.1 Å². The zero-order valence-corrected chi connectivity index (χ0v) is 13.4. The number of hydrogen-bond acceptors (Lipinski definition) is 4. The van der Waals surface area contributed by atoms with Crippen molar-refractivity contribution in [2.75, 3.05) is 27.7 Å². The molecule has 1 atom stereocenters. The average molecular weight is 292 g/mol. The SMILES string of the molecule is CNC1CCC(N(C)CC(O)c2cccc(OC)c2)CC1. The number of aliphatic hydroxyl groups is 1. The Morgan fingerprint density at radius 3 is 2.67 bits per heavy atom. The molecule has 0 heterocycles.